The van der Waals surface area contributed by atoms with Gasteiger partial charge in [0.15, 0.2) is 0 Å². The third-order valence-electron chi connectivity index (χ3n) is 1.68. The third-order valence-corrected chi connectivity index (χ3v) is 1.68. The van der Waals surface area contributed by atoms with Crippen LogP contribution in [0.5, 0.6) is 0 Å². The molecule has 1 heterocycles. The Morgan fingerprint density at radius 2 is 2.27 bits per heavy atom. The summed E-state index contributed by atoms with van der Waals surface area (Å²) in [4.78, 5) is 25.3. The molecule has 1 rings (SSSR count). The van der Waals surface area contributed by atoms with Crippen molar-refractivity contribution in [1.29, 1.82) is 0 Å². The van der Waals surface area contributed by atoms with E-state index >= 15 is 0 Å². The first-order valence-corrected chi connectivity index (χ1v) is 4.08. The standard InChI is InChI=1S/C10H9NO4/c1-15-9(12)3-2-7-6-11-5-4-8(7)10(13)14/h2-6H,1H3,(H,13,14)/b3-2+. The molecular weight excluding hydrogens is 198 g/mol. The molecule has 0 saturated heterocycles. The number of pyridine rings is 1. The zero-order valence-corrected chi connectivity index (χ0v) is 8.01. The number of carboxylic acid groups (broad SMARTS) is 1. The van der Waals surface area contributed by atoms with Crippen molar-refractivity contribution in [2.45, 2.75) is 0 Å². The van der Waals surface area contributed by atoms with E-state index in [1.54, 1.807) is 0 Å². The minimum atomic E-state index is -1.07. The van der Waals surface area contributed by atoms with E-state index < -0.39 is 11.9 Å². The average Bonchev–Trinajstić information content (AvgIpc) is 2.26. The molecule has 1 N–H and O–H groups in total. The highest BCUT2D eigenvalue weighted by Gasteiger charge is 2.06. The Hall–Kier alpha value is -2.17. The van der Waals surface area contributed by atoms with Crippen LogP contribution in [-0.2, 0) is 9.53 Å². The number of carbonyl (C=O) groups is 2. The highest BCUT2D eigenvalue weighted by atomic mass is 16.5. The molecule has 78 valence electrons. The lowest BCUT2D eigenvalue weighted by Gasteiger charge is -1.98. The van der Waals surface area contributed by atoms with Gasteiger partial charge in [0.1, 0.15) is 0 Å². The second-order valence-corrected chi connectivity index (χ2v) is 2.62. The number of aromatic nitrogens is 1. The number of ether oxygens (including phenoxy) is 1. The quantitative estimate of drug-likeness (QED) is 0.590. The molecule has 0 fully saturated rings. The average molecular weight is 207 g/mol. The number of carbonyl (C=O) groups excluding carboxylic acids is 1. The largest absolute Gasteiger partial charge is 0.478 e. The lowest BCUT2D eigenvalue weighted by molar-refractivity contribution is -0.134. The Bertz CT molecular complexity index is 412. The summed E-state index contributed by atoms with van der Waals surface area (Å²) < 4.78 is 4.38. The second-order valence-electron chi connectivity index (χ2n) is 2.62. The summed E-state index contributed by atoms with van der Waals surface area (Å²) in [5, 5.41) is 8.81. The molecule has 0 saturated carbocycles. The van der Waals surface area contributed by atoms with Crippen LogP contribution < -0.4 is 0 Å². The van der Waals surface area contributed by atoms with Gasteiger partial charge < -0.3 is 9.84 Å². The second kappa shape index (κ2) is 4.90. The van der Waals surface area contributed by atoms with E-state index in [9.17, 15) is 9.59 Å². The molecule has 1 aromatic rings. The van der Waals surface area contributed by atoms with Gasteiger partial charge in [-0.15, -0.1) is 0 Å². The molecule has 15 heavy (non-hydrogen) atoms. The molecule has 0 spiro atoms. The van der Waals surface area contributed by atoms with E-state index in [1.807, 2.05) is 0 Å². The van der Waals surface area contributed by atoms with Crippen molar-refractivity contribution >= 4 is 18.0 Å². The summed E-state index contributed by atoms with van der Waals surface area (Å²) in [7, 11) is 1.24. The zero-order valence-electron chi connectivity index (χ0n) is 8.01. The number of esters is 1. The lowest BCUT2D eigenvalue weighted by Crippen LogP contribution is -2.00. The molecule has 0 atom stereocenters. The van der Waals surface area contributed by atoms with Crippen molar-refractivity contribution in [2.75, 3.05) is 7.11 Å². The van der Waals surface area contributed by atoms with E-state index in [0.717, 1.165) is 6.08 Å². The SMILES string of the molecule is COC(=O)/C=C/c1cnccc1C(=O)O. The van der Waals surface area contributed by atoms with Crippen LogP contribution in [0.25, 0.3) is 6.08 Å². The molecule has 0 aromatic carbocycles. The Balaban J connectivity index is 2.99. The fraction of sp³-hybridized carbons (Fsp3) is 0.100. The van der Waals surface area contributed by atoms with Gasteiger partial charge in [-0.25, -0.2) is 9.59 Å². The van der Waals surface area contributed by atoms with Crippen LogP contribution >= 0.6 is 0 Å². The molecule has 5 heteroatoms. The molecular formula is C10H9NO4. The van der Waals surface area contributed by atoms with E-state index in [2.05, 4.69) is 9.72 Å². The maximum Gasteiger partial charge on any atom is 0.336 e. The maximum atomic E-state index is 10.8. The van der Waals surface area contributed by atoms with Gasteiger partial charge in [-0.3, -0.25) is 4.98 Å². The molecule has 5 nitrogen and oxygen atoms in total. The molecule has 0 aliphatic rings. The van der Waals surface area contributed by atoms with Crippen molar-refractivity contribution in [1.82, 2.24) is 4.98 Å². The number of carboxylic acids is 1. The number of rotatable bonds is 3. The van der Waals surface area contributed by atoms with Crippen molar-refractivity contribution in [2.24, 2.45) is 0 Å². The number of aromatic carboxylic acids is 1. The Labute approximate surface area is 86.0 Å². The Morgan fingerprint density at radius 1 is 1.53 bits per heavy atom. The van der Waals surface area contributed by atoms with Gasteiger partial charge in [-0.2, -0.15) is 0 Å². The molecule has 0 aliphatic carbocycles. The smallest absolute Gasteiger partial charge is 0.336 e. The van der Waals surface area contributed by atoms with Crippen LogP contribution in [0.15, 0.2) is 24.5 Å². The highest BCUT2D eigenvalue weighted by molar-refractivity contribution is 5.94. The fourth-order valence-electron chi connectivity index (χ4n) is 0.960. The predicted molar refractivity (Wildman–Crippen MR) is 52.2 cm³/mol. The topological polar surface area (TPSA) is 76.5 Å². The minimum Gasteiger partial charge on any atom is -0.478 e. The van der Waals surface area contributed by atoms with Gasteiger partial charge in [-0.05, 0) is 12.1 Å². The first-order chi connectivity index (χ1) is 7.15. The van der Waals surface area contributed by atoms with E-state index in [4.69, 9.17) is 5.11 Å². The lowest BCUT2D eigenvalue weighted by atomic mass is 10.1. The number of hydrogen-bond acceptors (Lipinski definition) is 4. The molecule has 0 radical (unpaired) electrons. The van der Waals surface area contributed by atoms with Gasteiger partial charge in [0.25, 0.3) is 0 Å². The summed E-state index contributed by atoms with van der Waals surface area (Å²) >= 11 is 0. The Kier molecular flexibility index (Phi) is 3.56. The maximum absolute atomic E-state index is 10.8. The van der Waals surface area contributed by atoms with Crippen LogP contribution in [-0.4, -0.2) is 29.1 Å². The summed E-state index contributed by atoms with van der Waals surface area (Å²) in [6, 6.07) is 1.36. The van der Waals surface area contributed by atoms with Crippen LogP contribution in [0.4, 0.5) is 0 Å². The Morgan fingerprint density at radius 3 is 2.87 bits per heavy atom. The molecule has 0 unspecified atom stereocenters. The molecule has 0 bridgehead atoms. The molecule has 0 aliphatic heterocycles. The van der Waals surface area contributed by atoms with Crippen molar-refractivity contribution in [3.8, 4) is 0 Å². The monoisotopic (exact) mass is 207 g/mol. The van der Waals surface area contributed by atoms with Gasteiger partial charge in [0, 0.05) is 24.0 Å². The van der Waals surface area contributed by atoms with Crippen LogP contribution in [0.3, 0.4) is 0 Å². The summed E-state index contributed by atoms with van der Waals surface area (Å²) in [5.74, 6) is -1.61. The van der Waals surface area contributed by atoms with Crippen LogP contribution in [0, 0.1) is 0 Å². The fourth-order valence-corrected chi connectivity index (χ4v) is 0.960. The van der Waals surface area contributed by atoms with E-state index in [0.29, 0.717) is 5.56 Å². The summed E-state index contributed by atoms with van der Waals surface area (Å²) in [6.07, 6.45) is 5.23. The normalized spacial score (nSPS) is 10.2. The van der Waals surface area contributed by atoms with Crippen LogP contribution in [0.1, 0.15) is 15.9 Å². The molecule has 1 aromatic heterocycles. The highest BCUT2D eigenvalue weighted by Crippen LogP contribution is 2.08. The van der Waals surface area contributed by atoms with Gasteiger partial charge >= 0.3 is 11.9 Å². The first kappa shape index (κ1) is 10.9. The summed E-state index contributed by atoms with van der Waals surface area (Å²) in [5.41, 5.74) is 0.445. The van der Waals surface area contributed by atoms with Gasteiger partial charge in [-0.1, -0.05) is 0 Å². The van der Waals surface area contributed by atoms with E-state index in [1.165, 1.54) is 31.6 Å². The van der Waals surface area contributed by atoms with Gasteiger partial charge in [0.2, 0.25) is 0 Å². The molecule has 0 amide bonds. The summed E-state index contributed by atoms with van der Waals surface area (Å²) in [6.45, 7) is 0. The predicted octanol–water partition coefficient (Wildman–Crippen LogP) is 0.966. The number of hydrogen-bond donors (Lipinski definition) is 1. The zero-order chi connectivity index (χ0) is 11.3. The van der Waals surface area contributed by atoms with Gasteiger partial charge in [0.05, 0.1) is 12.7 Å². The van der Waals surface area contributed by atoms with E-state index in [-0.39, 0.29) is 5.56 Å². The number of methoxy groups -OCH3 is 1. The minimum absolute atomic E-state index is 0.0881. The van der Waals surface area contributed by atoms with Crippen molar-refractivity contribution < 1.29 is 19.4 Å². The first-order valence-electron chi connectivity index (χ1n) is 4.08. The van der Waals surface area contributed by atoms with Crippen molar-refractivity contribution in [3.63, 3.8) is 0 Å². The third kappa shape index (κ3) is 2.91. The van der Waals surface area contributed by atoms with Crippen molar-refractivity contribution in [3.05, 3.63) is 35.7 Å². The van der Waals surface area contributed by atoms with Crippen LogP contribution in [0.2, 0.25) is 0 Å². The number of nitrogens with zero attached hydrogens (tertiary/aromatic N) is 1.